The van der Waals surface area contributed by atoms with Crippen LogP contribution in [0.25, 0.3) is 5.69 Å². The second-order valence-corrected chi connectivity index (χ2v) is 4.88. The van der Waals surface area contributed by atoms with E-state index in [2.05, 4.69) is 5.10 Å². The van der Waals surface area contributed by atoms with Crippen LogP contribution in [0, 0.1) is 10.1 Å². The zero-order valence-electron chi connectivity index (χ0n) is 11.9. The van der Waals surface area contributed by atoms with Crippen molar-refractivity contribution in [3.63, 3.8) is 0 Å². The van der Waals surface area contributed by atoms with Crippen LogP contribution < -0.4 is 11.4 Å². The number of benzene rings is 2. The summed E-state index contributed by atoms with van der Waals surface area (Å²) in [5.41, 5.74) is -0.169. The van der Waals surface area contributed by atoms with E-state index in [0.29, 0.717) is 11.3 Å². The second-order valence-electron chi connectivity index (χ2n) is 4.88. The number of nitro benzene ring substituents is 1. The number of nitro groups is 1. The van der Waals surface area contributed by atoms with Gasteiger partial charge in [-0.25, -0.2) is 23.9 Å². The maximum atomic E-state index is 12.4. The van der Waals surface area contributed by atoms with Gasteiger partial charge in [-0.1, -0.05) is 30.3 Å². The predicted octanol–water partition coefficient (Wildman–Crippen LogP) is 1.28. The highest BCUT2D eigenvalue weighted by Gasteiger charge is 2.12. The van der Waals surface area contributed by atoms with Crippen molar-refractivity contribution in [1.29, 1.82) is 0 Å². The molecule has 0 saturated heterocycles. The fourth-order valence-electron chi connectivity index (χ4n) is 2.25. The maximum absolute atomic E-state index is 12.4. The van der Waals surface area contributed by atoms with E-state index in [-0.39, 0.29) is 12.2 Å². The van der Waals surface area contributed by atoms with Gasteiger partial charge in [-0.15, -0.1) is 0 Å². The third-order valence-electron chi connectivity index (χ3n) is 3.35. The first-order valence-electron chi connectivity index (χ1n) is 6.77. The van der Waals surface area contributed by atoms with Gasteiger partial charge in [0.25, 0.3) is 5.69 Å². The van der Waals surface area contributed by atoms with Gasteiger partial charge in [0.15, 0.2) is 0 Å². The van der Waals surface area contributed by atoms with Gasteiger partial charge in [-0.2, -0.15) is 0 Å². The Labute approximate surface area is 129 Å². The monoisotopic (exact) mass is 312 g/mol. The number of nitrogens with zero attached hydrogens (tertiary/aromatic N) is 3. The Hall–Kier alpha value is -3.42. The summed E-state index contributed by atoms with van der Waals surface area (Å²) in [5, 5.41) is 13.3. The Morgan fingerprint density at radius 2 is 1.78 bits per heavy atom. The van der Waals surface area contributed by atoms with Crippen molar-refractivity contribution in [2.75, 3.05) is 0 Å². The second kappa shape index (κ2) is 5.76. The minimum Gasteiger partial charge on any atom is -0.258 e. The Morgan fingerprint density at radius 3 is 2.48 bits per heavy atom. The molecule has 0 radical (unpaired) electrons. The molecule has 2 aromatic carbocycles. The SMILES string of the molecule is O=c1[nH]n(-c2ccccc2)c(=O)n1Cc1cccc([N+](=O)[O-])c1. The third kappa shape index (κ3) is 2.82. The summed E-state index contributed by atoms with van der Waals surface area (Å²) in [6.07, 6.45) is 0. The largest absolute Gasteiger partial charge is 0.352 e. The van der Waals surface area contributed by atoms with Crippen molar-refractivity contribution >= 4 is 5.69 Å². The van der Waals surface area contributed by atoms with Crippen molar-refractivity contribution in [2.24, 2.45) is 0 Å². The average molecular weight is 312 g/mol. The van der Waals surface area contributed by atoms with Crippen molar-refractivity contribution in [1.82, 2.24) is 14.3 Å². The summed E-state index contributed by atoms with van der Waals surface area (Å²) in [7, 11) is 0. The average Bonchev–Trinajstić information content (AvgIpc) is 2.84. The standard InChI is InChI=1S/C15H12N4O4/c20-14-16-18(12-6-2-1-3-7-12)15(21)17(14)10-11-5-4-8-13(9-11)19(22)23/h1-9H,10H2,(H,16,20). The number of H-pyrrole nitrogens is 1. The van der Waals surface area contributed by atoms with Gasteiger partial charge in [0, 0.05) is 12.1 Å². The Bertz CT molecular complexity index is 969. The van der Waals surface area contributed by atoms with E-state index in [9.17, 15) is 19.7 Å². The van der Waals surface area contributed by atoms with Crippen LogP contribution in [0.4, 0.5) is 5.69 Å². The molecule has 0 atom stereocenters. The van der Waals surface area contributed by atoms with Gasteiger partial charge in [-0.05, 0) is 17.7 Å². The molecule has 116 valence electrons. The Morgan fingerprint density at radius 1 is 1.04 bits per heavy atom. The topological polar surface area (TPSA) is 103 Å². The summed E-state index contributed by atoms with van der Waals surface area (Å²) >= 11 is 0. The molecule has 3 aromatic rings. The van der Waals surface area contributed by atoms with E-state index >= 15 is 0 Å². The lowest BCUT2D eigenvalue weighted by atomic mass is 10.2. The lowest BCUT2D eigenvalue weighted by Crippen LogP contribution is -2.28. The van der Waals surface area contributed by atoms with E-state index in [4.69, 9.17) is 0 Å². The molecule has 0 aliphatic heterocycles. The number of rotatable bonds is 4. The first-order valence-corrected chi connectivity index (χ1v) is 6.77. The van der Waals surface area contributed by atoms with Gasteiger partial charge in [0.05, 0.1) is 17.2 Å². The molecule has 1 aromatic heterocycles. The van der Waals surface area contributed by atoms with Crippen LogP contribution in [0.1, 0.15) is 5.56 Å². The molecule has 0 amide bonds. The van der Waals surface area contributed by atoms with Crippen LogP contribution in [-0.2, 0) is 6.54 Å². The van der Waals surface area contributed by atoms with Gasteiger partial charge in [0.2, 0.25) is 0 Å². The van der Waals surface area contributed by atoms with Crippen molar-refractivity contribution in [3.05, 3.63) is 91.2 Å². The lowest BCUT2D eigenvalue weighted by Gasteiger charge is -2.01. The number of hydrogen-bond donors (Lipinski definition) is 1. The van der Waals surface area contributed by atoms with Crippen molar-refractivity contribution < 1.29 is 4.92 Å². The molecular weight excluding hydrogens is 300 g/mol. The van der Waals surface area contributed by atoms with Crippen LogP contribution in [-0.4, -0.2) is 19.3 Å². The minimum atomic E-state index is -0.578. The summed E-state index contributed by atoms with van der Waals surface area (Å²) in [6, 6.07) is 14.5. The summed E-state index contributed by atoms with van der Waals surface area (Å²) in [4.78, 5) is 34.7. The quantitative estimate of drug-likeness (QED) is 0.579. The normalized spacial score (nSPS) is 10.6. The van der Waals surface area contributed by atoms with Crippen LogP contribution in [0.15, 0.2) is 64.2 Å². The van der Waals surface area contributed by atoms with Crippen LogP contribution in [0.5, 0.6) is 0 Å². The lowest BCUT2D eigenvalue weighted by molar-refractivity contribution is -0.384. The number of aromatic nitrogens is 3. The number of para-hydroxylation sites is 1. The molecule has 8 heteroatoms. The summed E-state index contributed by atoms with van der Waals surface area (Å²) in [5.74, 6) is 0. The Kier molecular flexibility index (Phi) is 3.63. The predicted molar refractivity (Wildman–Crippen MR) is 82.8 cm³/mol. The molecule has 0 saturated carbocycles. The smallest absolute Gasteiger partial charge is 0.258 e. The highest BCUT2D eigenvalue weighted by molar-refractivity contribution is 5.34. The van der Waals surface area contributed by atoms with Gasteiger partial charge in [0.1, 0.15) is 0 Å². The molecule has 0 aliphatic rings. The van der Waals surface area contributed by atoms with Crippen molar-refractivity contribution in [3.8, 4) is 5.69 Å². The fraction of sp³-hybridized carbons (Fsp3) is 0.0667. The number of nitrogens with one attached hydrogen (secondary N) is 1. The van der Waals surface area contributed by atoms with Gasteiger partial charge < -0.3 is 0 Å². The van der Waals surface area contributed by atoms with E-state index in [1.165, 1.54) is 18.2 Å². The van der Waals surface area contributed by atoms with E-state index in [0.717, 1.165) is 9.25 Å². The number of aromatic amines is 1. The first kappa shape index (κ1) is 14.5. The zero-order chi connectivity index (χ0) is 16.4. The third-order valence-corrected chi connectivity index (χ3v) is 3.35. The fourth-order valence-corrected chi connectivity index (χ4v) is 2.25. The van der Waals surface area contributed by atoms with Crippen LogP contribution in [0.2, 0.25) is 0 Å². The molecule has 8 nitrogen and oxygen atoms in total. The minimum absolute atomic E-state index is 0.0460. The molecule has 0 spiro atoms. The molecular formula is C15H12N4O4. The van der Waals surface area contributed by atoms with E-state index in [1.807, 2.05) is 0 Å². The molecule has 3 rings (SSSR count). The molecule has 23 heavy (non-hydrogen) atoms. The Balaban J connectivity index is 2.01. The van der Waals surface area contributed by atoms with Gasteiger partial charge >= 0.3 is 11.4 Å². The molecule has 1 heterocycles. The zero-order valence-corrected chi connectivity index (χ0v) is 11.9. The highest BCUT2D eigenvalue weighted by Crippen LogP contribution is 2.13. The summed E-state index contributed by atoms with van der Waals surface area (Å²) < 4.78 is 2.13. The van der Waals surface area contributed by atoms with Gasteiger partial charge in [-0.3, -0.25) is 10.1 Å². The van der Waals surface area contributed by atoms with E-state index in [1.54, 1.807) is 36.4 Å². The number of hydrogen-bond acceptors (Lipinski definition) is 4. The first-order chi connectivity index (χ1) is 11.1. The van der Waals surface area contributed by atoms with Crippen LogP contribution in [0.3, 0.4) is 0 Å². The van der Waals surface area contributed by atoms with E-state index < -0.39 is 16.3 Å². The van der Waals surface area contributed by atoms with Crippen molar-refractivity contribution in [2.45, 2.75) is 6.54 Å². The molecule has 0 bridgehead atoms. The molecule has 0 unspecified atom stereocenters. The number of non-ortho nitro benzene ring substituents is 1. The molecule has 0 aliphatic carbocycles. The van der Waals surface area contributed by atoms with Crippen LogP contribution >= 0.6 is 0 Å². The molecule has 1 N–H and O–H groups in total. The summed E-state index contributed by atoms with van der Waals surface area (Å²) in [6.45, 7) is -0.0460. The maximum Gasteiger partial charge on any atom is 0.352 e. The molecule has 0 fully saturated rings. The highest BCUT2D eigenvalue weighted by atomic mass is 16.6.